The second-order valence-corrected chi connectivity index (χ2v) is 7.31. The van der Waals surface area contributed by atoms with Crippen LogP contribution in [0.5, 0.6) is 0 Å². The van der Waals surface area contributed by atoms with E-state index < -0.39 is 0 Å². The molecule has 0 radical (unpaired) electrons. The number of fused-ring (bicyclic) bond motifs is 1. The molecule has 3 aromatic rings. The number of amides is 1. The molecule has 0 aliphatic heterocycles. The van der Waals surface area contributed by atoms with E-state index in [1.807, 2.05) is 24.3 Å². The van der Waals surface area contributed by atoms with Gasteiger partial charge in [0.2, 0.25) is 0 Å². The molecule has 3 rings (SSSR count). The van der Waals surface area contributed by atoms with E-state index >= 15 is 0 Å². The van der Waals surface area contributed by atoms with Gasteiger partial charge in [-0.25, -0.2) is 0 Å². The van der Waals surface area contributed by atoms with Gasteiger partial charge in [0.05, 0.1) is 14.4 Å². The molecule has 1 N–H and O–H groups in total. The van der Waals surface area contributed by atoms with Crippen molar-refractivity contribution < 1.29 is 4.79 Å². The van der Waals surface area contributed by atoms with Gasteiger partial charge in [-0.1, -0.05) is 12.1 Å². The molecule has 0 aliphatic carbocycles. The molecule has 20 heavy (non-hydrogen) atoms. The molecule has 0 aliphatic rings. The molecule has 0 saturated carbocycles. The van der Waals surface area contributed by atoms with E-state index in [1.165, 1.54) is 11.3 Å². The number of rotatable bonds is 2. The van der Waals surface area contributed by atoms with Gasteiger partial charge in [-0.15, -0.1) is 11.3 Å². The van der Waals surface area contributed by atoms with Crippen LogP contribution in [0.3, 0.4) is 0 Å². The van der Waals surface area contributed by atoms with Gasteiger partial charge in [0, 0.05) is 22.3 Å². The number of hydrogen-bond acceptors (Lipinski definition) is 3. The molecular formula is C14H8Br2N2OS. The average Bonchev–Trinajstić information content (AvgIpc) is 2.79. The van der Waals surface area contributed by atoms with E-state index in [2.05, 4.69) is 42.2 Å². The largest absolute Gasteiger partial charge is 0.321 e. The number of pyridine rings is 1. The smallest absolute Gasteiger partial charge is 0.265 e. The second-order valence-electron chi connectivity index (χ2n) is 4.09. The summed E-state index contributed by atoms with van der Waals surface area (Å²) in [7, 11) is 0. The maximum Gasteiger partial charge on any atom is 0.265 e. The van der Waals surface area contributed by atoms with Crippen LogP contribution in [-0.4, -0.2) is 10.9 Å². The average molecular weight is 412 g/mol. The molecule has 0 spiro atoms. The number of nitrogens with zero attached hydrogens (tertiary/aromatic N) is 1. The summed E-state index contributed by atoms with van der Waals surface area (Å²) in [6, 6.07) is 9.50. The first-order chi connectivity index (χ1) is 9.65. The summed E-state index contributed by atoms with van der Waals surface area (Å²) in [5.74, 6) is -0.127. The predicted molar refractivity (Wildman–Crippen MR) is 89.4 cm³/mol. The first kappa shape index (κ1) is 13.7. The number of nitrogens with one attached hydrogen (secondary N) is 1. The van der Waals surface area contributed by atoms with Crippen molar-refractivity contribution in [2.75, 3.05) is 5.32 Å². The molecule has 6 heteroatoms. The van der Waals surface area contributed by atoms with Crippen LogP contribution in [-0.2, 0) is 0 Å². The zero-order valence-electron chi connectivity index (χ0n) is 10.1. The molecule has 0 atom stereocenters. The number of halogens is 2. The Labute approximate surface area is 136 Å². The van der Waals surface area contributed by atoms with Crippen LogP contribution in [0.1, 0.15) is 9.67 Å². The summed E-state index contributed by atoms with van der Waals surface area (Å²) in [5, 5.41) is 4.91. The molecule has 0 fully saturated rings. The molecule has 1 amide bonds. The number of carbonyl (C=O) groups excluding carboxylic acids is 1. The van der Waals surface area contributed by atoms with Gasteiger partial charge in [0.15, 0.2) is 0 Å². The monoisotopic (exact) mass is 410 g/mol. The minimum atomic E-state index is -0.127. The van der Waals surface area contributed by atoms with Crippen molar-refractivity contribution >= 4 is 65.6 Å². The summed E-state index contributed by atoms with van der Waals surface area (Å²) < 4.78 is 1.79. The van der Waals surface area contributed by atoms with E-state index in [0.29, 0.717) is 4.88 Å². The minimum absolute atomic E-state index is 0.127. The van der Waals surface area contributed by atoms with Crippen LogP contribution < -0.4 is 5.32 Å². The fraction of sp³-hybridized carbons (Fsp3) is 0. The van der Waals surface area contributed by atoms with Crippen LogP contribution in [0.4, 0.5) is 5.69 Å². The highest BCUT2D eigenvalue weighted by molar-refractivity contribution is 9.13. The van der Waals surface area contributed by atoms with Crippen molar-refractivity contribution in [3.8, 4) is 0 Å². The highest BCUT2D eigenvalue weighted by Gasteiger charge is 2.13. The third-order valence-corrected chi connectivity index (χ3v) is 6.06. The van der Waals surface area contributed by atoms with Crippen molar-refractivity contribution in [2.45, 2.75) is 0 Å². The molecule has 0 saturated heterocycles. The number of hydrogen-bond donors (Lipinski definition) is 1. The van der Waals surface area contributed by atoms with E-state index in [0.717, 1.165) is 24.7 Å². The first-order valence-corrected chi connectivity index (χ1v) is 8.14. The number of anilines is 1. The summed E-state index contributed by atoms with van der Waals surface area (Å²) >= 11 is 8.16. The van der Waals surface area contributed by atoms with Crippen LogP contribution in [0.2, 0.25) is 0 Å². The number of thiophene rings is 1. The van der Waals surface area contributed by atoms with Crippen LogP contribution in [0.15, 0.2) is 51.0 Å². The van der Waals surface area contributed by atoms with Crippen molar-refractivity contribution in [1.82, 2.24) is 4.98 Å². The molecule has 2 heterocycles. The summed E-state index contributed by atoms with van der Waals surface area (Å²) in [6.07, 6.45) is 3.49. The standard InChI is InChI=1S/C14H8Br2N2OS/c15-10-6-12(20-13(10)16)14(19)18-11-3-1-2-8-4-5-17-7-9(8)11/h1-7H,(H,18,19). The Balaban J connectivity index is 1.95. The van der Waals surface area contributed by atoms with Crippen molar-refractivity contribution in [2.24, 2.45) is 0 Å². The van der Waals surface area contributed by atoms with Gasteiger partial charge in [0.25, 0.3) is 5.91 Å². The zero-order chi connectivity index (χ0) is 14.1. The highest BCUT2D eigenvalue weighted by atomic mass is 79.9. The maximum absolute atomic E-state index is 12.3. The van der Waals surface area contributed by atoms with Gasteiger partial charge >= 0.3 is 0 Å². The second kappa shape index (κ2) is 5.63. The molecule has 0 bridgehead atoms. The maximum atomic E-state index is 12.3. The Morgan fingerprint density at radius 3 is 2.85 bits per heavy atom. The minimum Gasteiger partial charge on any atom is -0.321 e. The predicted octanol–water partition coefficient (Wildman–Crippen LogP) is 5.07. The topological polar surface area (TPSA) is 42.0 Å². The van der Waals surface area contributed by atoms with E-state index in [4.69, 9.17) is 0 Å². The quantitative estimate of drug-likeness (QED) is 0.639. The third kappa shape index (κ3) is 2.63. The van der Waals surface area contributed by atoms with Gasteiger partial charge in [-0.05, 0) is 55.4 Å². The van der Waals surface area contributed by atoms with Crippen molar-refractivity contribution in [3.63, 3.8) is 0 Å². The fourth-order valence-corrected chi connectivity index (χ4v) is 3.80. The lowest BCUT2D eigenvalue weighted by Crippen LogP contribution is -2.10. The van der Waals surface area contributed by atoms with E-state index in [-0.39, 0.29) is 5.91 Å². The normalized spacial score (nSPS) is 10.7. The van der Waals surface area contributed by atoms with Gasteiger partial charge in [0.1, 0.15) is 0 Å². The number of carbonyl (C=O) groups is 1. The number of aromatic nitrogens is 1. The highest BCUT2D eigenvalue weighted by Crippen LogP contribution is 2.33. The van der Waals surface area contributed by atoms with E-state index in [1.54, 1.807) is 18.5 Å². The molecule has 0 unspecified atom stereocenters. The van der Waals surface area contributed by atoms with Gasteiger partial charge < -0.3 is 5.32 Å². The molecule has 3 nitrogen and oxygen atoms in total. The van der Waals surface area contributed by atoms with E-state index in [9.17, 15) is 4.79 Å². The third-order valence-electron chi connectivity index (χ3n) is 2.80. The molecule has 100 valence electrons. The van der Waals surface area contributed by atoms with Crippen molar-refractivity contribution in [1.29, 1.82) is 0 Å². The SMILES string of the molecule is O=C(Nc1cccc2ccncc12)c1cc(Br)c(Br)s1. The summed E-state index contributed by atoms with van der Waals surface area (Å²) in [4.78, 5) is 17.0. The van der Waals surface area contributed by atoms with Gasteiger partial charge in [-0.2, -0.15) is 0 Å². The summed E-state index contributed by atoms with van der Waals surface area (Å²) in [6.45, 7) is 0. The van der Waals surface area contributed by atoms with Crippen LogP contribution in [0, 0.1) is 0 Å². The van der Waals surface area contributed by atoms with Gasteiger partial charge in [-0.3, -0.25) is 9.78 Å². The Morgan fingerprint density at radius 1 is 1.25 bits per heavy atom. The Kier molecular flexibility index (Phi) is 3.87. The Bertz CT molecular complexity index is 776. The molecule has 2 aromatic heterocycles. The molecular weight excluding hydrogens is 404 g/mol. The van der Waals surface area contributed by atoms with Crippen LogP contribution >= 0.6 is 43.2 Å². The lowest BCUT2D eigenvalue weighted by molar-refractivity contribution is 0.103. The van der Waals surface area contributed by atoms with Crippen molar-refractivity contribution in [3.05, 3.63) is 55.9 Å². The fourth-order valence-electron chi connectivity index (χ4n) is 1.86. The lowest BCUT2D eigenvalue weighted by Gasteiger charge is -2.07. The lowest BCUT2D eigenvalue weighted by atomic mass is 10.1. The molecule has 1 aromatic carbocycles. The van der Waals surface area contributed by atoms with Crippen LogP contribution in [0.25, 0.3) is 10.8 Å². The zero-order valence-corrected chi connectivity index (χ0v) is 14.0. The number of benzene rings is 1. The Morgan fingerprint density at radius 2 is 2.10 bits per heavy atom. The first-order valence-electron chi connectivity index (χ1n) is 5.74. The summed E-state index contributed by atoms with van der Waals surface area (Å²) in [5.41, 5.74) is 0.765. The Hall–Kier alpha value is -1.24.